The van der Waals surface area contributed by atoms with Gasteiger partial charge in [0.1, 0.15) is 0 Å². The molecule has 2 heteroatoms. The summed E-state index contributed by atoms with van der Waals surface area (Å²) in [6.45, 7) is 14.3. The Bertz CT molecular complexity index is 2320. The van der Waals surface area contributed by atoms with Crippen LogP contribution in [0.15, 0.2) is 152 Å². The molecule has 1 aliphatic rings. The molecule has 0 fully saturated rings. The lowest BCUT2D eigenvalue weighted by Gasteiger charge is -2.13. The van der Waals surface area contributed by atoms with E-state index in [4.69, 9.17) is 0 Å². The van der Waals surface area contributed by atoms with Gasteiger partial charge >= 0.3 is 0 Å². The first-order valence-electron chi connectivity index (χ1n) is 17.7. The van der Waals surface area contributed by atoms with Crippen LogP contribution in [0.2, 0.25) is 0 Å². The largest absolute Gasteiger partial charge is 0.313 e. The summed E-state index contributed by atoms with van der Waals surface area (Å²) in [5.74, 6) is 0. The average Bonchev–Trinajstić information content (AvgIpc) is 3.70. The summed E-state index contributed by atoms with van der Waals surface area (Å²) in [5.41, 5.74) is 13.4. The van der Waals surface area contributed by atoms with Crippen molar-refractivity contribution in [3.63, 3.8) is 0 Å². The molecular formula is C47H46N2. The van der Waals surface area contributed by atoms with Crippen molar-refractivity contribution >= 4 is 50.1 Å². The molecule has 0 saturated carbocycles. The fraction of sp³-hybridized carbons (Fsp3) is 0.149. The Labute approximate surface area is 291 Å². The summed E-state index contributed by atoms with van der Waals surface area (Å²) < 4.78 is 4.87. The van der Waals surface area contributed by atoms with Crippen molar-refractivity contribution in [1.82, 2.24) is 9.13 Å². The van der Waals surface area contributed by atoms with Crippen LogP contribution in [0, 0.1) is 0 Å². The fourth-order valence-electron chi connectivity index (χ4n) is 7.03. The van der Waals surface area contributed by atoms with Crippen LogP contribution in [0.3, 0.4) is 0 Å². The van der Waals surface area contributed by atoms with E-state index < -0.39 is 0 Å². The first-order chi connectivity index (χ1) is 24.2. The van der Waals surface area contributed by atoms with Crippen LogP contribution in [-0.4, -0.2) is 9.13 Å². The van der Waals surface area contributed by atoms with Crippen LogP contribution < -0.4 is 0 Å². The van der Waals surface area contributed by atoms with Crippen molar-refractivity contribution in [2.24, 2.45) is 0 Å². The molecule has 0 spiro atoms. The molecule has 0 radical (unpaired) electrons. The van der Waals surface area contributed by atoms with Crippen molar-refractivity contribution in [1.29, 1.82) is 0 Å². The smallest absolute Gasteiger partial charge is 0.0547 e. The number of rotatable bonds is 6. The Morgan fingerprint density at radius 3 is 1.96 bits per heavy atom. The highest BCUT2D eigenvalue weighted by Crippen LogP contribution is 2.39. The van der Waals surface area contributed by atoms with Crippen molar-refractivity contribution < 1.29 is 0 Å². The lowest BCUT2D eigenvalue weighted by molar-refractivity contribution is 0.888. The molecule has 8 rings (SSSR count). The van der Waals surface area contributed by atoms with Crippen LogP contribution in [0.1, 0.15) is 57.9 Å². The minimum atomic E-state index is 1.05. The monoisotopic (exact) mass is 638 g/mol. The fourth-order valence-corrected chi connectivity index (χ4v) is 7.03. The van der Waals surface area contributed by atoms with Crippen LogP contribution >= 0.6 is 0 Å². The van der Waals surface area contributed by atoms with E-state index in [9.17, 15) is 0 Å². The van der Waals surface area contributed by atoms with Gasteiger partial charge in [0.2, 0.25) is 0 Å². The summed E-state index contributed by atoms with van der Waals surface area (Å²) in [7, 11) is 0. The Morgan fingerprint density at radius 1 is 0.653 bits per heavy atom. The second kappa shape index (κ2) is 15.1. The third-order valence-corrected chi connectivity index (χ3v) is 9.15. The zero-order chi connectivity index (χ0) is 34.3. The Hall–Kier alpha value is -5.60. The van der Waals surface area contributed by atoms with E-state index in [0.717, 1.165) is 29.7 Å². The number of aromatic nitrogens is 2. The Balaban J connectivity index is 0.00000101. The highest BCUT2D eigenvalue weighted by molar-refractivity contribution is 6.12. The highest BCUT2D eigenvalue weighted by atomic mass is 15.0. The normalized spacial score (nSPS) is 12.7. The van der Waals surface area contributed by atoms with Crippen LogP contribution in [0.25, 0.3) is 66.9 Å². The molecule has 2 heterocycles. The summed E-state index contributed by atoms with van der Waals surface area (Å²) in [6.07, 6.45) is 13.1. The number of benzene rings is 5. The summed E-state index contributed by atoms with van der Waals surface area (Å²) in [5, 5.41) is 3.80. The first kappa shape index (κ1) is 33.3. The Morgan fingerprint density at radius 2 is 1.27 bits per heavy atom. The van der Waals surface area contributed by atoms with Gasteiger partial charge in [-0.1, -0.05) is 150 Å². The zero-order valence-electron chi connectivity index (χ0n) is 29.4. The van der Waals surface area contributed by atoms with E-state index in [1.54, 1.807) is 0 Å². The van der Waals surface area contributed by atoms with Gasteiger partial charge in [-0.3, -0.25) is 0 Å². The van der Waals surface area contributed by atoms with Gasteiger partial charge in [0.05, 0.1) is 16.6 Å². The van der Waals surface area contributed by atoms with Crippen molar-refractivity contribution in [3.8, 4) is 16.8 Å². The molecule has 2 aromatic heterocycles. The van der Waals surface area contributed by atoms with E-state index in [0.29, 0.717) is 0 Å². The lowest BCUT2D eigenvalue weighted by Crippen LogP contribution is -2.02. The van der Waals surface area contributed by atoms with E-state index in [1.807, 2.05) is 33.8 Å². The maximum atomic E-state index is 4.15. The minimum absolute atomic E-state index is 1.05. The first-order valence-corrected chi connectivity index (χ1v) is 17.7. The van der Waals surface area contributed by atoms with Gasteiger partial charge in [0.15, 0.2) is 0 Å². The molecule has 0 bridgehead atoms. The highest BCUT2D eigenvalue weighted by Gasteiger charge is 2.20. The predicted octanol–water partition coefficient (Wildman–Crippen LogP) is 13.5. The van der Waals surface area contributed by atoms with Crippen molar-refractivity contribution in [2.75, 3.05) is 0 Å². The Kier molecular flexibility index (Phi) is 10.3. The molecule has 49 heavy (non-hydrogen) atoms. The van der Waals surface area contributed by atoms with Gasteiger partial charge in [-0.25, -0.2) is 0 Å². The molecule has 5 aromatic carbocycles. The van der Waals surface area contributed by atoms with E-state index in [2.05, 4.69) is 168 Å². The van der Waals surface area contributed by atoms with Crippen molar-refractivity contribution in [3.05, 3.63) is 169 Å². The molecule has 0 N–H and O–H groups in total. The van der Waals surface area contributed by atoms with Gasteiger partial charge in [-0.05, 0) is 78.4 Å². The number of hydrogen-bond acceptors (Lipinski definition) is 0. The standard InChI is InChI=1S/C43H34N2.2C2H6/c1-3-30(31-15-7-5-8-16-31)27-34(4-2)44-40-21-13-11-19-36(40)38-25-23-32(28-42(38)44)33-24-26-39-37-20-12-14-22-41(37)45(43(39)29-33)35-17-9-6-10-18-35;2*1-2/h3-13,15-21,23-29H,1,14,22H2,2H3;2*1-2H3/b30-27+,34-4+;;. The molecule has 244 valence electrons. The van der Waals surface area contributed by atoms with Crippen molar-refractivity contribution in [2.45, 2.75) is 47.5 Å². The molecule has 7 aromatic rings. The van der Waals surface area contributed by atoms with E-state index in [-0.39, 0.29) is 0 Å². The molecule has 0 atom stereocenters. The minimum Gasteiger partial charge on any atom is -0.313 e. The predicted molar refractivity (Wildman–Crippen MR) is 216 cm³/mol. The molecule has 1 aliphatic carbocycles. The molecule has 0 aliphatic heterocycles. The molecular weight excluding hydrogens is 593 g/mol. The third-order valence-electron chi connectivity index (χ3n) is 9.15. The number of nitrogens with zero attached hydrogens (tertiary/aromatic N) is 2. The van der Waals surface area contributed by atoms with Crippen LogP contribution in [0.4, 0.5) is 0 Å². The van der Waals surface area contributed by atoms with E-state index in [1.165, 1.54) is 60.8 Å². The summed E-state index contributed by atoms with van der Waals surface area (Å²) >= 11 is 0. The number of para-hydroxylation sites is 2. The second-order valence-corrected chi connectivity index (χ2v) is 11.7. The zero-order valence-corrected chi connectivity index (χ0v) is 29.4. The summed E-state index contributed by atoms with van der Waals surface area (Å²) in [6, 6.07) is 43.9. The third kappa shape index (κ3) is 6.11. The van der Waals surface area contributed by atoms with Crippen LogP contribution in [0.5, 0.6) is 0 Å². The van der Waals surface area contributed by atoms with Gasteiger partial charge in [0.25, 0.3) is 0 Å². The second-order valence-electron chi connectivity index (χ2n) is 11.7. The number of fused-ring (bicyclic) bond motifs is 6. The number of hydrogen-bond donors (Lipinski definition) is 0. The van der Waals surface area contributed by atoms with E-state index >= 15 is 0 Å². The maximum Gasteiger partial charge on any atom is 0.0547 e. The quantitative estimate of drug-likeness (QED) is 0.160. The topological polar surface area (TPSA) is 9.86 Å². The molecule has 2 nitrogen and oxygen atoms in total. The molecule has 0 unspecified atom stereocenters. The van der Waals surface area contributed by atoms with Gasteiger partial charge < -0.3 is 9.13 Å². The maximum absolute atomic E-state index is 4.15. The summed E-state index contributed by atoms with van der Waals surface area (Å²) in [4.78, 5) is 0. The van der Waals surface area contributed by atoms with Gasteiger partial charge in [-0.15, -0.1) is 0 Å². The van der Waals surface area contributed by atoms with Crippen LogP contribution in [-0.2, 0) is 6.42 Å². The SMILES string of the molecule is C=C/C(=C\C(=C/C)n1c2ccccc2c2ccc(-c3ccc4c5c(n(-c6ccccc6)c4c3)CCC=C5)cc21)c1ccccc1.CC.CC. The lowest BCUT2D eigenvalue weighted by atomic mass is 9.99. The van der Waals surface area contributed by atoms with Gasteiger partial charge in [-0.2, -0.15) is 0 Å². The molecule has 0 amide bonds. The molecule has 0 saturated heterocycles. The number of allylic oxidation sites excluding steroid dienone is 6. The average molecular weight is 639 g/mol. The van der Waals surface area contributed by atoms with Gasteiger partial charge in [0, 0.05) is 38.8 Å².